The van der Waals surface area contributed by atoms with Crippen LogP contribution in [0.5, 0.6) is 0 Å². The number of amides is 1. The van der Waals surface area contributed by atoms with E-state index in [1.54, 1.807) is 25.3 Å². The zero-order chi connectivity index (χ0) is 15.3. The summed E-state index contributed by atoms with van der Waals surface area (Å²) in [6.07, 6.45) is 1.72. The van der Waals surface area contributed by atoms with Crippen molar-refractivity contribution in [1.82, 2.24) is 9.80 Å². The molecule has 1 rings (SSSR count). The normalized spacial score (nSPS) is 14.1. The van der Waals surface area contributed by atoms with Crippen LogP contribution in [0, 0.1) is 0 Å². The van der Waals surface area contributed by atoms with Gasteiger partial charge in [0.2, 0.25) is 0 Å². The van der Waals surface area contributed by atoms with Crippen molar-refractivity contribution in [2.24, 2.45) is 0 Å². The molecule has 0 fully saturated rings. The molecular formula is C15H24N2O2S. The number of carbonyl (C=O) groups is 1. The van der Waals surface area contributed by atoms with Crippen LogP contribution in [0.25, 0.3) is 0 Å². The molecule has 0 spiro atoms. The fraction of sp³-hybridized carbons (Fsp3) is 0.533. The van der Waals surface area contributed by atoms with E-state index >= 15 is 0 Å². The summed E-state index contributed by atoms with van der Waals surface area (Å²) >= 11 is 0. The Labute approximate surface area is 124 Å². The zero-order valence-electron chi connectivity index (χ0n) is 12.9. The van der Waals surface area contributed by atoms with Gasteiger partial charge in [0, 0.05) is 55.1 Å². The maximum atomic E-state index is 11.9. The molecule has 0 aliphatic rings. The molecule has 0 N–H and O–H groups in total. The summed E-state index contributed by atoms with van der Waals surface area (Å²) in [4.78, 5) is 15.7. The molecule has 0 unspecified atom stereocenters. The fourth-order valence-corrected chi connectivity index (χ4v) is 2.91. The van der Waals surface area contributed by atoms with Crippen LogP contribution in [0.3, 0.4) is 0 Å². The van der Waals surface area contributed by atoms with Gasteiger partial charge in [-0.3, -0.25) is 13.9 Å². The Balaban J connectivity index is 2.75. The molecule has 5 heteroatoms. The van der Waals surface area contributed by atoms with Gasteiger partial charge in [0.15, 0.2) is 0 Å². The van der Waals surface area contributed by atoms with E-state index in [4.69, 9.17) is 0 Å². The van der Waals surface area contributed by atoms with Gasteiger partial charge in [0.1, 0.15) is 0 Å². The van der Waals surface area contributed by atoms with Crippen molar-refractivity contribution in [3.8, 4) is 0 Å². The molecule has 20 heavy (non-hydrogen) atoms. The minimum atomic E-state index is -0.795. The molecule has 0 aliphatic carbocycles. The van der Waals surface area contributed by atoms with Gasteiger partial charge in [-0.2, -0.15) is 0 Å². The number of hydrogen-bond acceptors (Lipinski definition) is 3. The summed E-state index contributed by atoms with van der Waals surface area (Å²) in [7, 11) is 4.72. The largest absolute Gasteiger partial charge is 0.345 e. The lowest BCUT2D eigenvalue weighted by Gasteiger charge is -2.24. The Morgan fingerprint density at radius 3 is 2.50 bits per heavy atom. The second-order valence-electron chi connectivity index (χ2n) is 5.40. The van der Waals surface area contributed by atoms with Crippen LogP contribution < -0.4 is 0 Å². The molecule has 0 heterocycles. The van der Waals surface area contributed by atoms with E-state index in [0.717, 1.165) is 12.1 Å². The second kappa shape index (κ2) is 7.55. The third kappa shape index (κ3) is 5.06. The molecule has 0 aliphatic heterocycles. The van der Waals surface area contributed by atoms with Crippen molar-refractivity contribution in [3.05, 3.63) is 35.4 Å². The Morgan fingerprint density at radius 2 is 1.95 bits per heavy atom. The zero-order valence-corrected chi connectivity index (χ0v) is 13.7. The number of rotatable bonds is 6. The molecule has 1 amide bonds. The first kappa shape index (κ1) is 16.9. The summed E-state index contributed by atoms with van der Waals surface area (Å²) in [5, 5.41) is 0. The molecule has 0 saturated heterocycles. The maximum Gasteiger partial charge on any atom is 0.253 e. The lowest BCUT2D eigenvalue weighted by Crippen LogP contribution is -2.33. The molecule has 4 nitrogen and oxygen atoms in total. The molecule has 0 aromatic heterocycles. The highest BCUT2D eigenvalue weighted by Crippen LogP contribution is 2.11. The van der Waals surface area contributed by atoms with E-state index in [-0.39, 0.29) is 11.9 Å². The summed E-state index contributed by atoms with van der Waals surface area (Å²) in [5.74, 6) is 0.671. The predicted octanol–water partition coefficient (Wildman–Crippen LogP) is 1.59. The standard InChI is InChI=1S/C15H24N2O2S/c1-12(11-20(5)19)17(4)10-13-7-6-8-14(9-13)15(18)16(2)3/h6-9,12H,10-11H2,1-5H3/t12-,20+/m0/s1. The van der Waals surface area contributed by atoms with Crippen LogP contribution in [0.2, 0.25) is 0 Å². The van der Waals surface area contributed by atoms with Crippen LogP contribution in [-0.4, -0.2) is 59.1 Å². The molecular weight excluding hydrogens is 272 g/mol. The number of nitrogens with zero attached hydrogens (tertiary/aromatic N) is 2. The first-order chi connectivity index (χ1) is 9.31. The predicted molar refractivity (Wildman–Crippen MR) is 84.3 cm³/mol. The summed E-state index contributed by atoms with van der Waals surface area (Å²) in [6, 6.07) is 7.92. The van der Waals surface area contributed by atoms with Gasteiger partial charge in [0.05, 0.1) is 0 Å². The maximum absolute atomic E-state index is 11.9. The Hall–Kier alpha value is -1.20. The van der Waals surface area contributed by atoms with Crippen LogP contribution in [0.15, 0.2) is 24.3 Å². The molecule has 0 radical (unpaired) electrons. The van der Waals surface area contributed by atoms with Crippen molar-refractivity contribution >= 4 is 16.7 Å². The minimum Gasteiger partial charge on any atom is -0.345 e. The average molecular weight is 296 g/mol. The van der Waals surface area contributed by atoms with Crippen molar-refractivity contribution in [2.45, 2.75) is 19.5 Å². The van der Waals surface area contributed by atoms with E-state index < -0.39 is 10.8 Å². The Morgan fingerprint density at radius 1 is 1.30 bits per heavy atom. The minimum absolute atomic E-state index is 0.0113. The van der Waals surface area contributed by atoms with E-state index in [0.29, 0.717) is 11.3 Å². The number of carbonyl (C=O) groups excluding carboxylic acids is 1. The average Bonchev–Trinajstić information content (AvgIpc) is 2.37. The molecule has 1 aromatic rings. The highest BCUT2D eigenvalue weighted by molar-refractivity contribution is 7.84. The molecule has 0 saturated carbocycles. The van der Waals surface area contributed by atoms with Crippen LogP contribution in [0.1, 0.15) is 22.8 Å². The number of benzene rings is 1. The van der Waals surface area contributed by atoms with Crippen molar-refractivity contribution in [1.29, 1.82) is 0 Å². The van der Waals surface area contributed by atoms with Gasteiger partial charge in [-0.05, 0) is 31.7 Å². The smallest absolute Gasteiger partial charge is 0.253 e. The van der Waals surface area contributed by atoms with Crippen molar-refractivity contribution < 1.29 is 9.00 Å². The monoisotopic (exact) mass is 296 g/mol. The highest BCUT2D eigenvalue weighted by Gasteiger charge is 2.13. The fourth-order valence-electron chi connectivity index (χ4n) is 1.97. The lowest BCUT2D eigenvalue weighted by atomic mass is 10.1. The van der Waals surface area contributed by atoms with Crippen LogP contribution >= 0.6 is 0 Å². The van der Waals surface area contributed by atoms with Gasteiger partial charge in [-0.15, -0.1) is 0 Å². The topological polar surface area (TPSA) is 40.6 Å². The van der Waals surface area contributed by atoms with E-state index in [2.05, 4.69) is 11.8 Å². The third-order valence-electron chi connectivity index (χ3n) is 3.24. The molecule has 1 aromatic carbocycles. The first-order valence-electron chi connectivity index (χ1n) is 6.62. The van der Waals surface area contributed by atoms with Crippen molar-refractivity contribution in [2.75, 3.05) is 33.2 Å². The summed E-state index contributed by atoms with van der Waals surface area (Å²) in [5.41, 5.74) is 1.79. The van der Waals surface area contributed by atoms with Gasteiger partial charge in [-0.1, -0.05) is 12.1 Å². The van der Waals surface area contributed by atoms with Crippen LogP contribution in [0.4, 0.5) is 0 Å². The Kier molecular flexibility index (Phi) is 6.36. The number of hydrogen-bond donors (Lipinski definition) is 0. The van der Waals surface area contributed by atoms with E-state index in [9.17, 15) is 9.00 Å². The molecule has 0 bridgehead atoms. The van der Waals surface area contributed by atoms with Gasteiger partial charge in [-0.25, -0.2) is 0 Å². The van der Waals surface area contributed by atoms with E-state index in [1.807, 2.05) is 31.3 Å². The van der Waals surface area contributed by atoms with Crippen LogP contribution in [-0.2, 0) is 17.3 Å². The quantitative estimate of drug-likeness (QED) is 0.800. The Bertz CT molecular complexity index is 489. The van der Waals surface area contributed by atoms with Gasteiger partial charge >= 0.3 is 0 Å². The van der Waals surface area contributed by atoms with Gasteiger partial charge in [0.25, 0.3) is 5.91 Å². The first-order valence-corrected chi connectivity index (χ1v) is 8.35. The third-order valence-corrected chi connectivity index (χ3v) is 4.19. The lowest BCUT2D eigenvalue weighted by molar-refractivity contribution is 0.0827. The summed E-state index contributed by atoms with van der Waals surface area (Å²) < 4.78 is 11.3. The van der Waals surface area contributed by atoms with Crippen molar-refractivity contribution in [3.63, 3.8) is 0 Å². The molecule has 2 atom stereocenters. The van der Waals surface area contributed by atoms with Gasteiger partial charge < -0.3 is 4.90 Å². The van der Waals surface area contributed by atoms with E-state index in [1.165, 1.54) is 0 Å². The second-order valence-corrected chi connectivity index (χ2v) is 6.88. The highest BCUT2D eigenvalue weighted by atomic mass is 32.2. The SMILES string of the molecule is C[C@@H](C[S@@](C)=O)N(C)Cc1cccc(C(=O)N(C)C)c1. The summed E-state index contributed by atoms with van der Waals surface area (Å²) in [6.45, 7) is 2.81. The molecule has 112 valence electrons.